The van der Waals surface area contributed by atoms with Gasteiger partial charge < -0.3 is 10.6 Å². The molecular formula is C22H18ClFN4. The summed E-state index contributed by atoms with van der Waals surface area (Å²) in [6, 6.07) is 18.7. The highest BCUT2D eigenvalue weighted by Crippen LogP contribution is 2.28. The normalized spacial score (nSPS) is 10.8. The van der Waals surface area contributed by atoms with Crippen LogP contribution >= 0.6 is 11.6 Å². The number of hydrogen-bond donors (Lipinski definition) is 2. The Morgan fingerprint density at radius 2 is 1.79 bits per heavy atom. The molecule has 6 heteroatoms. The van der Waals surface area contributed by atoms with Crippen LogP contribution in [0.2, 0.25) is 5.02 Å². The summed E-state index contributed by atoms with van der Waals surface area (Å²) in [6.45, 7) is 2.82. The molecular weight excluding hydrogens is 375 g/mol. The van der Waals surface area contributed by atoms with Gasteiger partial charge in [-0.25, -0.2) is 14.4 Å². The third-order valence-electron chi connectivity index (χ3n) is 4.56. The second-order valence-electron chi connectivity index (χ2n) is 6.49. The zero-order valence-corrected chi connectivity index (χ0v) is 16.0. The van der Waals surface area contributed by atoms with Gasteiger partial charge in [0.2, 0.25) is 0 Å². The second-order valence-corrected chi connectivity index (χ2v) is 6.90. The van der Waals surface area contributed by atoms with Gasteiger partial charge in [0.05, 0.1) is 10.5 Å². The molecule has 0 fully saturated rings. The fourth-order valence-electron chi connectivity index (χ4n) is 2.98. The summed E-state index contributed by atoms with van der Waals surface area (Å²) >= 11 is 5.88. The molecule has 4 rings (SSSR count). The Morgan fingerprint density at radius 1 is 0.964 bits per heavy atom. The molecule has 0 saturated heterocycles. The van der Waals surface area contributed by atoms with Crippen molar-refractivity contribution in [2.45, 2.75) is 13.5 Å². The van der Waals surface area contributed by atoms with E-state index in [9.17, 15) is 4.39 Å². The van der Waals surface area contributed by atoms with Gasteiger partial charge in [-0.1, -0.05) is 35.9 Å². The summed E-state index contributed by atoms with van der Waals surface area (Å²) in [4.78, 5) is 8.66. The van der Waals surface area contributed by atoms with Gasteiger partial charge in [-0.05, 0) is 54.4 Å². The highest BCUT2D eigenvalue weighted by Gasteiger charge is 2.08. The monoisotopic (exact) mass is 392 g/mol. The fourth-order valence-corrected chi connectivity index (χ4v) is 3.16. The first kappa shape index (κ1) is 18.2. The van der Waals surface area contributed by atoms with E-state index in [0.29, 0.717) is 11.5 Å². The first-order valence-corrected chi connectivity index (χ1v) is 9.23. The van der Waals surface area contributed by atoms with Crippen molar-refractivity contribution in [1.29, 1.82) is 0 Å². The average Bonchev–Trinajstić information content (AvgIpc) is 2.70. The molecule has 28 heavy (non-hydrogen) atoms. The smallest absolute Gasteiger partial charge is 0.141 e. The number of aromatic nitrogens is 2. The van der Waals surface area contributed by atoms with Crippen molar-refractivity contribution in [1.82, 2.24) is 9.97 Å². The largest absolute Gasteiger partial charge is 0.381 e. The van der Waals surface area contributed by atoms with Crippen molar-refractivity contribution < 1.29 is 4.39 Å². The van der Waals surface area contributed by atoms with Gasteiger partial charge in [0.1, 0.15) is 18.0 Å². The number of halogens is 2. The van der Waals surface area contributed by atoms with Crippen molar-refractivity contribution in [2.75, 3.05) is 10.6 Å². The molecule has 0 aliphatic carbocycles. The van der Waals surface area contributed by atoms with Gasteiger partial charge in [-0.3, -0.25) is 0 Å². The van der Waals surface area contributed by atoms with Gasteiger partial charge in [-0.2, -0.15) is 0 Å². The zero-order valence-electron chi connectivity index (χ0n) is 15.2. The van der Waals surface area contributed by atoms with Crippen LogP contribution in [-0.4, -0.2) is 9.97 Å². The number of fused-ring (bicyclic) bond motifs is 1. The highest BCUT2D eigenvalue weighted by molar-refractivity contribution is 6.31. The molecule has 0 saturated carbocycles. The van der Waals surface area contributed by atoms with Gasteiger partial charge in [-0.15, -0.1) is 0 Å². The quantitative estimate of drug-likeness (QED) is 0.431. The lowest BCUT2D eigenvalue weighted by Crippen LogP contribution is -2.02. The fraction of sp³-hybridized carbons (Fsp3) is 0.0909. The van der Waals surface area contributed by atoms with E-state index in [1.165, 1.54) is 29.6 Å². The maximum absolute atomic E-state index is 13.4. The van der Waals surface area contributed by atoms with Crippen LogP contribution in [0.15, 0.2) is 67.0 Å². The Bertz CT molecular complexity index is 1150. The topological polar surface area (TPSA) is 49.8 Å². The molecule has 0 bridgehead atoms. The van der Waals surface area contributed by atoms with Crippen molar-refractivity contribution >= 4 is 39.7 Å². The molecule has 1 heterocycles. The summed E-state index contributed by atoms with van der Waals surface area (Å²) in [5.74, 6) is 0.176. The highest BCUT2D eigenvalue weighted by atomic mass is 35.5. The summed E-state index contributed by atoms with van der Waals surface area (Å²) in [5, 5.41) is 7.56. The Morgan fingerprint density at radius 3 is 2.61 bits per heavy atom. The number of rotatable bonds is 5. The van der Waals surface area contributed by atoms with Gasteiger partial charge in [0, 0.05) is 23.3 Å². The average molecular weight is 393 g/mol. The van der Waals surface area contributed by atoms with Crippen molar-refractivity contribution in [2.24, 2.45) is 0 Å². The predicted octanol–water partition coefficient (Wildman–Crippen LogP) is 6.09. The Hall–Kier alpha value is -3.18. The first-order chi connectivity index (χ1) is 13.6. The van der Waals surface area contributed by atoms with E-state index in [2.05, 4.69) is 39.7 Å². The predicted molar refractivity (Wildman–Crippen MR) is 113 cm³/mol. The third-order valence-corrected chi connectivity index (χ3v) is 4.85. The van der Waals surface area contributed by atoms with Crippen LogP contribution in [0.5, 0.6) is 0 Å². The number of benzene rings is 3. The maximum atomic E-state index is 13.4. The Kier molecular flexibility index (Phi) is 5.08. The minimum Gasteiger partial charge on any atom is -0.381 e. The SMILES string of the molecule is Cc1ccccc1CNc1ccc2ncnc(Nc3ccc(F)c(Cl)c3)c2c1. The van der Waals surface area contributed by atoms with Gasteiger partial charge in [0.25, 0.3) is 0 Å². The summed E-state index contributed by atoms with van der Waals surface area (Å²) in [6.07, 6.45) is 1.50. The van der Waals surface area contributed by atoms with E-state index in [1.807, 2.05) is 30.3 Å². The first-order valence-electron chi connectivity index (χ1n) is 8.85. The van der Waals surface area contributed by atoms with E-state index < -0.39 is 5.82 Å². The maximum Gasteiger partial charge on any atom is 0.141 e. The van der Waals surface area contributed by atoms with Crippen molar-refractivity contribution in [3.63, 3.8) is 0 Å². The third kappa shape index (κ3) is 3.89. The standard InChI is InChI=1S/C22H18ClFN4/c1-14-4-2-3-5-15(14)12-25-16-7-9-21-18(10-16)22(27-13-26-21)28-17-6-8-20(24)19(23)11-17/h2-11,13,25H,12H2,1H3,(H,26,27,28). The number of anilines is 3. The molecule has 0 unspecified atom stereocenters. The molecule has 4 aromatic rings. The number of hydrogen-bond acceptors (Lipinski definition) is 4. The van der Waals surface area contributed by atoms with Crippen LogP contribution in [0.4, 0.5) is 21.6 Å². The van der Waals surface area contributed by atoms with Crippen LogP contribution in [0.3, 0.4) is 0 Å². The van der Waals surface area contributed by atoms with E-state index in [-0.39, 0.29) is 5.02 Å². The molecule has 140 valence electrons. The minimum absolute atomic E-state index is 0.0592. The number of aryl methyl sites for hydroxylation is 1. The number of nitrogens with zero attached hydrogens (tertiary/aromatic N) is 2. The van der Waals surface area contributed by atoms with E-state index >= 15 is 0 Å². The minimum atomic E-state index is -0.456. The molecule has 1 aromatic heterocycles. The molecule has 4 nitrogen and oxygen atoms in total. The van der Waals surface area contributed by atoms with Crippen LogP contribution in [0.25, 0.3) is 10.9 Å². The van der Waals surface area contributed by atoms with Crippen LogP contribution < -0.4 is 10.6 Å². The van der Waals surface area contributed by atoms with Crippen molar-refractivity contribution in [3.05, 3.63) is 89.0 Å². The van der Waals surface area contributed by atoms with Crippen LogP contribution in [0, 0.1) is 12.7 Å². The Labute approximate surface area is 167 Å². The van der Waals surface area contributed by atoms with Gasteiger partial charge in [0.15, 0.2) is 0 Å². The van der Waals surface area contributed by atoms with Crippen molar-refractivity contribution in [3.8, 4) is 0 Å². The van der Waals surface area contributed by atoms with Gasteiger partial charge >= 0.3 is 0 Å². The number of nitrogens with one attached hydrogen (secondary N) is 2. The molecule has 3 aromatic carbocycles. The zero-order chi connectivity index (χ0) is 19.5. The second kappa shape index (κ2) is 7.82. The molecule has 0 atom stereocenters. The molecule has 0 aliphatic heterocycles. The summed E-state index contributed by atoms with van der Waals surface area (Å²) in [5.41, 5.74) is 4.92. The Balaban J connectivity index is 1.61. The molecule has 2 N–H and O–H groups in total. The summed E-state index contributed by atoms with van der Waals surface area (Å²) in [7, 11) is 0. The molecule has 0 spiro atoms. The molecule has 0 radical (unpaired) electrons. The lowest BCUT2D eigenvalue weighted by molar-refractivity contribution is 0.628. The van der Waals surface area contributed by atoms with Crippen LogP contribution in [-0.2, 0) is 6.54 Å². The van der Waals surface area contributed by atoms with E-state index in [0.717, 1.165) is 23.1 Å². The van der Waals surface area contributed by atoms with E-state index in [4.69, 9.17) is 11.6 Å². The lowest BCUT2D eigenvalue weighted by atomic mass is 10.1. The molecule has 0 amide bonds. The van der Waals surface area contributed by atoms with E-state index in [1.54, 1.807) is 6.07 Å². The lowest BCUT2D eigenvalue weighted by Gasteiger charge is -2.12. The molecule has 0 aliphatic rings. The summed E-state index contributed by atoms with van der Waals surface area (Å²) < 4.78 is 13.4. The van der Waals surface area contributed by atoms with Crippen LogP contribution in [0.1, 0.15) is 11.1 Å².